The van der Waals surface area contributed by atoms with Crippen molar-refractivity contribution in [1.82, 2.24) is 14.5 Å². The van der Waals surface area contributed by atoms with Gasteiger partial charge in [0, 0.05) is 12.6 Å². The zero-order valence-corrected chi connectivity index (χ0v) is 10.8. The van der Waals surface area contributed by atoms with Gasteiger partial charge in [0.25, 0.3) is 0 Å². The molecule has 0 aliphatic rings. The summed E-state index contributed by atoms with van der Waals surface area (Å²) < 4.78 is 1.93. The third-order valence-electron chi connectivity index (χ3n) is 2.93. The van der Waals surface area contributed by atoms with Crippen molar-refractivity contribution in [3.63, 3.8) is 0 Å². The number of benzene rings is 1. The highest BCUT2D eigenvalue weighted by molar-refractivity contribution is 6.01. The number of carboxylic acids is 1. The highest BCUT2D eigenvalue weighted by Crippen LogP contribution is 2.22. The minimum absolute atomic E-state index is 0.172. The normalized spacial score (nSPS) is 13.1. The van der Waals surface area contributed by atoms with Crippen LogP contribution in [-0.4, -0.2) is 46.2 Å². The topological polar surface area (TPSA) is 58.4 Å². The highest BCUT2D eigenvalue weighted by Gasteiger charge is 2.16. The summed E-state index contributed by atoms with van der Waals surface area (Å²) in [6, 6.07) is 5.34. The van der Waals surface area contributed by atoms with Gasteiger partial charge < -0.3 is 14.6 Å². The lowest BCUT2D eigenvalue weighted by molar-refractivity contribution is 0.0698. The van der Waals surface area contributed by atoms with E-state index in [4.69, 9.17) is 0 Å². The molecule has 0 saturated heterocycles. The Morgan fingerprint density at radius 2 is 2.22 bits per heavy atom. The van der Waals surface area contributed by atoms with Crippen LogP contribution in [-0.2, 0) is 0 Å². The lowest BCUT2D eigenvalue weighted by atomic mass is 10.1. The molecule has 5 heteroatoms. The fourth-order valence-corrected chi connectivity index (χ4v) is 2.21. The van der Waals surface area contributed by atoms with Crippen molar-refractivity contribution >= 4 is 17.0 Å². The molecule has 0 bridgehead atoms. The number of carbonyl (C=O) groups is 1. The van der Waals surface area contributed by atoms with E-state index in [0.717, 1.165) is 12.1 Å². The SMILES string of the molecule is CC(CN(C)C)n1cnc2cccc(C(=O)O)c21. The number of aromatic carboxylic acids is 1. The average molecular weight is 247 g/mol. The third-order valence-corrected chi connectivity index (χ3v) is 2.93. The number of para-hydroxylation sites is 1. The van der Waals surface area contributed by atoms with Crippen LogP contribution in [0.15, 0.2) is 24.5 Å². The first kappa shape index (κ1) is 12.6. The molecule has 18 heavy (non-hydrogen) atoms. The summed E-state index contributed by atoms with van der Waals surface area (Å²) in [5.41, 5.74) is 1.72. The number of hydrogen-bond donors (Lipinski definition) is 1. The summed E-state index contributed by atoms with van der Waals surface area (Å²) in [6.45, 7) is 2.89. The van der Waals surface area contributed by atoms with Crippen molar-refractivity contribution < 1.29 is 9.90 Å². The Hall–Kier alpha value is -1.88. The molecule has 1 heterocycles. The predicted octanol–water partition coefficient (Wildman–Crippen LogP) is 1.86. The molecule has 1 unspecified atom stereocenters. The van der Waals surface area contributed by atoms with Crippen molar-refractivity contribution in [2.75, 3.05) is 20.6 Å². The molecule has 1 N–H and O–H groups in total. The molecule has 1 aromatic carbocycles. The maximum atomic E-state index is 11.3. The molecule has 5 nitrogen and oxygen atoms in total. The number of imidazole rings is 1. The zero-order chi connectivity index (χ0) is 13.3. The van der Waals surface area contributed by atoms with E-state index in [9.17, 15) is 9.90 Å². The van der Waals surface area contributed by atoms with Gasteiger partial charge in [0.05, 0.1) is 22.9 Å². The Morgan fingerprint density at radius 3 is 2.83 bits per heavy atom. The minimum Gasteiger partial charge on any atom is -0.478 e. The standard InChI is InChI=1S/C13H17N3O2/c1-9(7-15(2)3)16-8-14-11-6-4-5-10(12(11)16)13(17)18/h4-6,8-9H,7H2,1-3H3,(H,17,18). The van der Waals surface area contributed by atoms with E-state index in [1.54, 1.807) is 18.5 Å². The molecular weight excluding hydrogens is 230 g/mol. The van der Waals surface area contributed by atoms with Gasteiger partial charge in [-0.15, -0.1) is 0 Å². The number of carboxylic acid groups (broad SMARTS) is 1. The van der Waals surface area contributed by atoms with Crippen LogP contribution >= 0.6 is 0 Å². The molecule has 2 rings (SSSR count). The minimum atomic E-state index is -0.917. The lowest BCUT2D eigenvalue weighted by Crippen LogP contribution is -2.22. The van der Waals surface area contributed by atoms with Gasteiger partial charge in [0.2, 0.25) is 0 Å². The van der Waals surface area contributed by atoms with E-state index in [1.165, 1.54) is 0 Å². The number of nitrogens with zero attached hydrogens (tertiary/aromatic N) is 3. The molecule has 0 aliphatic heterocycles. The molecule has 96 valence electrons. The molecule has 1 atom stereocenters. The van der Waals surface area contributed by atoms with Crippen molar-refractivity contribution in [2.45, 2.75) is 13.0 Å². The van der Waals surface area contributed by atoms with Gasteiger partial charge in [0.15, 0.2) is 0 Å². The summed E-state index contributed by atoms with van der Waals surface area (Å²) in [7, 11) is 3.99. The number of aromatic nitrogens is 2. The van der Waals surface area contributed by atoms with Crippen LogP contribution in [0.1, 0.15) is 23.3 Å². The van der Waals surface area contributed by atoms with E-state index < -0.39 is 5.97 Å². The van der Waals surface area contributed by atoms with Crippen molar-refractivity contribution in [3.05, 3.63) is 30.1 Å². The maximum Gasteiger partial charge on any atom is 0.337 e. The fourth-order valence-electron chi connectivity index (χ4n) is 2.21. The van der Waals surface area contributed by atoms with E-state index in [1.807, 2.05) is 24.7 Å². The van der Waals surface area contributed by atoms with Gasteiger partial charge in [-0.25, -0.2) is 9.78 Å². The van der Waals surface area contributed by atoms with Gasteiger partial charge >= 0.3 is 5.97 Å². The molecule has 1 aromatic heterocycles. The van der Waals surface area contributed by atoms with Crippen molar-refractivity contribution in [1.29, 1.82) is 0 Å². The molecule has 0 amide bonds. The molecule has 2 aromatic rings. The molecular formula is C13H17N3O2. The average Bonchev–Trinajstić information content (AvgIpc) is 2.70. The summed E-state index contributed by atoms with van der Waals surface area (Å²) >= 11 is 0. The highest BCUT2D eigenvalue weighted by atomic mass is 16.4. The Kier molecular flexibility index (Phi) is 3.34. The number of hydrogen-bond acceptors (Lipinski definition) is 3. The quantitative estimate of drug-likeness (QED) is 0.895. The van der Waals surface area contributed by atoms with E-state index in [2.05, 4.69) is 16.8 Å². The Bertz CT molecular complexity index is 575. The summed E-state index contributed by atoms with van der Waals surface area (Å²) in [5, 5.41) is 9.24. The van der Waals surface area contributed by atoms with Gasteiger partial charge in [-0.05, 0) is 33.2 Å². The Balaban J connectivity index is 2.55. The maximum absolute atomic E-state index is 11.3. The number of rotatable bonds is 4. The molecule has 0 fully saturated rings. The molecule has 0 radical (unpaired) electrons. The first-order valence-corrected chi connectivity index (χ1v) is 5.84. The Labute approximate surface area is 106 Å². The number of likely N-dealkylation sites (N-methyl/N-ethyl adjacent to an activating group) is 1. The van der Waals surface area contributed by atoms with Crippen LogP contribution < -0.4 is 0 Å². The van der Waals surface area contributed by atoms with E-state index in [-0.39, 0.29) is 6.04 Å². The van der Waals surface area contributed by atoms with Gasteiger partial charge in [-0.2, -0.15) is 0 Å². The Morgan fingerprint density at radius 1 is 1.50 bits per heavy atom. The third kappa shape index (κ3) is 2.22. The largest absolute Gasteiger partial charge is 0.478 e. The van der Waals surface area contributed by atoms with Gasteiger partial charge in [-0.3, -0.25) is 0 Å². The van der Waals surface area contributed by atoms with Crippen LogP contribution in [0.5, 0.6) is 0 Å². The van der Waals surface area contributed by atoms with Gasteiger partial charge in [-0.1, -0.05) is 6.07 Å². The monoisotopic (exact) mass is 247 g/mol. The second-order valence-corrected chi connectivity index (χ2v) is 4.74. The number of fused-ring (bicyclic) bond motifs is 1. The lowest BCUT2D eigenvalue weighted by Gasteiger charge is -2.19. The molecule has 0 spiro atoms. The smallest absolute Gasteiger partial charge is 0.337 e. The van der Waals surface area contributed by atoms with E-state index >= 15 is 0 Å². The summed E-state index contributed by atoms with van der Waals surface area (Å²) in [4.78, 5) is 17.6. The first-order valence-electron chi connectivity index (χ1n) is 5.84. The van der Waals surface area contributed by atoms with Crippen LogP contribution in [0.25, 0.3) is 11.0 Å². The van der Waals surface area contributed by atoms with Crippen molar-refractivity contribution in [3.8, 4) is 0 Å². The summed E-state index contributed by atoms with van der Waals surface area (Å²) in [6.07, 6.45) is 1.71. The van der Waals surface area contributed by atoms with Crippen LogP contribution in [0.3, 0.4) is 0 Å². The molecule has 0 saturated carbocycles. The fraction of sp³-hybridized carbons (Fsp3) is 0.385. The second-order valence-electron chi connectivity index (χ2n) is 4.74. The van der Waals surface area contributed by atoms with Crippen molar-refractivity contribution in [2.24, 2.45) is 0 Å². The van der Waals surface area contributed by atoms with Crippen LogP contribution in [0, 0.1) is 0 Å². The van der Waals surface area contributed by atoms with Crippen LogP contribution in [0.2, 0.25) is 0 Å². The van der Waals surface area contributed by atoms with Gasteiger partial charge in [0.1, 0.15) is 0 Å². The summed E-state index contributed by atoms with van der Waals surface area (Å²) in [5.74, 6) is -0.917. The van der Waals surface area contributed by atoms with Crippen LogP contribution in [0.4, 0.5) is 0 Å². The van der Waals surface area contributed by atoms with E-state index in [0.29, 0.717) is 11.1 Å². The first-order chi connectivity index (χ1) is 8.50. The molecule has 0 aliphatic carbocycles. The zero-order valence-electron chi connectivity index (χ0n) is 10.8. The predicted molar refractivity (Wildman–Crippen MR) is 70.0 cm³/mol. The second kappa shape index (κ2) is 4.78.